The number of amides is 2. The van der Waals surface area contributed by atoms with Crippen LogP contribution in [0.15, 0.2) is 53.9 Å². The average molecular weight is 419 g/mol. The molecule has 2 aromatic carbocycles. The van der Waals surface area contributed by atoms with E-state index in [0.29, 0.717) is 16.1 Å². The monoisotopic (exact) mass is 419 g/mol. The fraction of sp³-hybridized carbons (Fsp3) is 0.150. The maximum absolute atomic E-state index is 12.9. The quantitative estimate of drug-likeness (QED) is 0.654. The van der Waals surface area contributed by atoms with Gasteiger partial charge in [0.15, 0.2) is 0 Å². The van der Waals surface area contributed by atoms with E-state index in [1.807, 2.05) is 0 Å². The minimum Gasteiger partial charge on any atom is -0.355 e. The molecule has 2 amide bonds. The van der Waals surface area contributed by atoms with Crippen molar-refractivity contribution in [3.8, 4) is 10.6 Å². The highest BCUT2D eigenvalue weighted by Crippen LogP contribution is 2.33. The molecular weight excluding hydrogens is 403 g/mol. The summed E-state index contributed by atoms with van der Waals surface area (Å²) in [7, 11) is 1.54. The van der Waals surface area contributed by atoms with Crippen LogP contribution in [0.5, 0.6) is 0 Å². The molecule has 0 aliphatic rings. The average Bonchev–Trinajstić information content (AvgIpc) is 3.22. The van der Waals surface area contributed by atoms with Gasteiger partial charge < -0.3 is 10.6 Å². The summed E-state index contributed by atoms with van der Waals surface area (Å²) in [6.45, 7) is 0.225. The second-order valence-corrected chi connectivity index (χ2v) is 6.93. The van der Waals surface area contributed by atoms with Crippen LogP contribution in [0, 0.1) is 0 Å². The van der Waals surface area contributed by atoms with Crippen molar-refractivity contribution in [1.82, 2.24) is 15.6 Å². The van der Waals surface area contributed by atoms with Gasteiger partial charge >= 0.3 is 6.18 Å². The van der Waals surface area contributed by atoms with Crippen LogP contribution in [-0.2, 0) is 12.7 Å². The summed E-state index contributed by atoms with van der Waals surface area (Å²) >= 11 is 1.10. The standard InChI is InChI=1S/C20H16F3N3O2S/c1-24-17(27)13-7-5-12(6-8-13)10-25-18(28)16-11-29-19(26-16)14-3-2-4-15(9-14)20(21,22)23/h2-9,11H,10H2,1H3,(H,24,27)(H,25,28). The van der Waals surface area contributed by atoms with Crippen molar-refractivity contribution in [3.63, 3.8) is 0 Å². The second-order valence-electron chi connectivity index (χ2n) is 6.08. The number of hydrogen-bond acceptors (Lipinski definition) is 4. The van der Waals surface area contributed by atoms with Gasteiger partial charge in [-0.15, -0.1) is 11.3 Å². The van der Waals surface area contributed by atoms with E-state index in [1.165, 1.54) is 24.6 Å². The molecule has 150 valence electrons. The number of hydrogen-bond donors (Lipinski definition) is 2. The summed E-state index contributed by atoms with van der Waals surface area (Å²) in [6, 6.07) is 11.6. The molecule has 9 heteroatoms. The van der Waals surface area contributed by atoms with Gasteiger partial charge in [-0.25, -0.2) is 4.98 Å². The minimum atomic E-state index is -4.44. The third kappa shape index (κ3) is 5.00. The molecule has 0 fully saturated rings. The number of halogens is 3. The van der Waals surface area contributed by atoms with Crippen molar-refractivity contribution < 1.29 is 22.8 Å². The lowest BCUT2D eigenvalue weighted by Crippen LogP contribution is -2.23. The van der Waals surface area contributed by atoms with E-state index in [1.54, 1.807) is 24.3 Å². The summed E-state index contributed by atoms with van der Waals surface area (Å²) < 4.78 is 38.6. The van der Waals surface area contributed by atoms with Gasteiger partial charge in [-0.2, -0.15) is 13.2 Å². The Bertz CT molecular complexity index is 1030. The number of rotatable bonds is 5. The number of thiazole rings is 1. The van der Waals surface area contributed by atoms with Crippen LogP contribution in [0.1, 0.15) is 32.0 Å². The highest BCUT2D eigenvalue weighted by Gasteiger charge is 2.30. The number of carbonyl (C=O) groups excluding carboxylic acids is 2. The van der Waals surface area contributed by atoms with E-state index in [2.05, 4.69) is 15.6 Å². The minimum absolute atomic E-state index is 0.129. The van der Waals surface area contributed by atoms with Crippen LogP contribution < -0.4 is 10.6 Å². The zero-order valence-electron chi connectivity index (χ0n) is 15.2. The molecule has 0 aliphatic heterocycles. The van der Waals surface area contributed by atoms with E-state index >= 15 is 0 Å². The first-order valence-electron chi connectivity index (χ1n) is 8.50. The lowest BCUT2D eigenvalue weighted by molar-refractivity contribution is -0.137. The van der Waals surface area contributed by atoms with Gasteiger partial charge in [0.2, 0.25) is 0 Å². The van der Waals surface area contributed by atoms with Gasteiger partial charge in [-0.3, -0.25) is 9.59 Å². The molecule has 0 saturated carbocycles. The van der Waals surface area contributed by atoms with Gasteiger partial charge in [0.1, 0.15) is 10.7 Å². The SMILES string of the molecule is CNC(=O)c1ccc(CNC(=O)c2csc(-c3cccc(C(F)(F)F)c3)n2)cc1. The summed E-state index contributed by atoms with van der Waals surface area (Å²) in [6.07, 6.45) is -4.44. The summed E-state index contributed by atoms with van der Waals surface area (Å²) in [5.74, 6) is -0.639. The molecule has 5 nitrogen and oxygen atoms in total. The molecule has 1 aromatic heterocycles. The first-order valence-corrected chi connectivity index (χ1v) is 9.38. The first-order chi connectivity index (χ1) is 13.8. The van der Waals surface area contributed by atoms with Gasteiger partial charge in [0.25, 0.3) is 11.8 Å². The number of alkyl halides is 3. The number of benzene rings is 2. The van der Waals surface area contributed by atoms with E-state index in [9.17, 15) is 22.8 Å². The molecule has 0 saturated heterocycles. The Morgan fingerprint density at radius 2 is 1.79 bits per heavy atom. The summed E-state index contributed by atoms with van der Waals surface area (Å²) in [4.78, 5) is 28.0. The highest BCUT2D eigenvalue weighted by molar-refractivity contribution is 7.13. The van der Waals surface area contributed by atoms with Crippen LogP contribution in [0.25, 0.3) is 10.6 Å². The predicted molar refractivity (Wildman–Crippen MR) is 104 cm³/mol. The summed E-state index contributed by atoms with van der Waals surface area (Å²) in [5.41, 5.74) is 0.960. The van der Waals surface area contributed by atoms with Crippen LogP contribution in [-0.4, -0.2) is 23.8 Å². The molecule has 0 atom stereocenters. The zero-order valence-corrected chi connectivity index (χ0v) is 16.0. The molecule has 1 heterocycles. The highest BCUT2D eigenvalue weighted by atomic mass is 32.1. The molecule has 2 N–H and O–H groups in total. The second kappa shape index (κ2) is 8.44. The smallest absolute Gasteiger partial charge is 0.355 e. The van der Waals surface area contributed by atoms with Crippen LogP contribution in [0.3, 0.4) is 0 Å². The van der Waals surface area contributed by atoms with Crippen molar-refractivity contribution in [1.29, 1.82) is 0 Å². The molecule has 0 bridgehead atoms. The molecule has 0 unspecified atom stereocenters. The third-order valence-electron chi connectivity index (χ3n) is 4.07. The Morgan fingerprint density at radius 1 is 1.07 bits per heavy atom. The topological polar surface area (TPSA) is 71.1 Å². The largest absolute Gasteiger partial charge is 0.416 e. The van der Waals surface area contributed by atoms with Crippen molar-refractivity contribution in [2.45, 2.75) is 12.7 Å². The Hall–Kier alpha value is -3.20. The van der Waals surface area contributed by atoms with Crippen LogP contribution >= 0.6 is 11.3 Å². The summed E-state index contributed by atoms with van der Waals surface area (Å²) in [5, 5.41) is 7.05. The molecule has 0 aliphatic carbocycles. The Labute approximate surface area is 168 Å². The van der Waals surface area contributed by atoms with E-state index < -0.39 is 17.6 Å². The Kier molecular flexibility index (Phi) is 5.97. The third-order valence-corrected chi connectivity index (χ3v) is 4.96. The fourth-order valence-electron chi connectivity index (χ4n) is 2.53. The molecule has 0 radical (unpaired) electrons. The number of nitrogens with one attached hydrogen (secondary N) is 2. The van der Waals surface area contributed by atoms with Gasteiger partial charge in [-0.05, 0) is 29.8 Å². The Morgan fingerprint density at radius 3 is 2.45 bits per heavy atom. The maximum atomic E-state index is 12.9. The van der Waals surface area contributed by atoms with Gasteiger partial charge in [-0.1, -0.05) is 24.3 Å². The van der Waals surface area contributed by atoms with Crippen molar-refractivity contribution >= 4 is 23.2 Å². The van der Waals surface area contributed by atoms with E-state index in [0.717, 1.165) is 29.0 Å². The van der Waals surface area contributed by atoms with Crippen molar-refractivity contribution in [2.24, 2.45) is 0 Å². The van der Waals surface area contributed by atoms with Gasteiger partial charge in [0.05, 0.1) is 5.56 Å². The molecule has 0 spiro atoms. The maximum Gasteiger partial charge on any atom is 0.416 e. The van der Waals surface area contributed by atoms with Gasteiger partial charge in [0, 0.05) is 30.1 Å². The van der Waals surface area contributed by atoms with Crippen LogP contribution in [0.4, 0.5) is 13.2 Å². The van der Waals surface area contributed by atoms with Crippen molar-refractivity contribution in [3.05, 3.63) is 76.3 Å². The number of carbonyl (C=O) groups is 2. The predicted octanol–water partition coefficient (Wildman–Crippen LogP) is 4.12. The lowest BCUT2D eigenvalue weighted by atomic mass is 10.1. The van der Waals surface area contributed by atoms with E-state index in [4.69, 9.17) is 0 Å². The lowest BCUT2D eigenvalue weighted by Gasteiger charge is -2.07. The normalized spacial score (nSPS) is 11.2. The van der Waals surface area contributed by atoms with Crippen LogP contribution in [0.2, 0.25) is 0 Å². The number of nitrogens with zero attached hydrogens (tertiary/aromatic N) is 1. The Balaban J connectivity index is 1.66. The van der Waals surface area contributed by atoms with E-state index in [-0.39, 0.29) is 18.1 Å². The number of aromatic nitrogens is 1. The molecule has 3 aromatic rings. The van der Waals surface area contributed by atoms with Crippen molar-refractivity contribution in [2.75, 3.05) is 7.05 Å². The zero-order chi connectivity index (χ0) is 21.0. The first kappa shape index (κ1) is 20.5. The fourth-order valence-corrected chi connectivity index (χ4v) is 3.33. The molecule has 29 heavy (non-hydrogen) atoms. The molecule has 3 rings (SSSR count). The molecular formula is C20H16F3N3O2S.